The Bertz CT molecular complexity index is 576. The highest BCUT2D eigenvalue weighted by Crippen LogP contribution is 2.19. The first kappa shape index (κ1) is 15.1. The number of hydrogen-bond acceptors (Lipinski definition) is 1. The number of anilines is 2. The van der Waals surface area contributed by atoms with Gasteiger partial charge in [-0.05, 0) is 42.7 Å². The molecule has 0 bridgehead atoms. The first-order valence-corrected chi connectivity index (χ1v) is 7.35. The summed E-state index contributed by atoms with van der Waals surface area (Å²) in [5.41, 5.74) is 2.98. The summed E-state index contributed by atoms with van der Waals surface area (Å²) < 4.78 is 0. The van der Waals surface area contributed by atoms with E-state index < -0.39 is 0 Å². The van der Waals surface area contributed by atoms with Crippen molar-refractivity contribution >= 4 is 17.4 Å². The van der Waals surface area contributed by atoms with Crippen LogP contribution in [0.4, 0.5) is 16.2 Å². The highest BCUT2D eigenvalue weighted by atomic mass is 16.2. The number of nitrogens with zero attached hydrogens (tertiary/aromatic N) is 1. The Morgan fingerprint density at radius 1 is 1.05 bits per heavy atom. The van der Waals surface area contributed by atoms with Crippen molar-refractivity contribution < 1.29 is 4.79 Å². The molecule has 0 radical (unpaired) electrons. The first-order valence-electron chi connectivity index (χ1n) is 7.35. The Balaban J connectivity index is 2.09. The molecule has 0 aliphatic carbocycles. The molecular weight excluding hydrogens is 260 g/mol. The Kier molecular flexibility index (Phi) is 4.99. The third-order valence-electron chi connectivity index (χ3n) is 3.46. The number of benzene rings is 2. The van der Waals surface area contributed by atoms with Crippen molar-refractivity contribution in [2.24, 2.45) is 0 Å². The van der Waals surface area contributed by atoms with E-state index in [0.29, 0.717) is 12.5 Å². The van der Waals surface area contributed by atoms with Crippen LogP contribution in [-0.2, 0) is 0 Å². The van der Waals surface area contributed by atoms with Crippen molar-refractivity contribution in [1.29, 1.82) is 0 Å². The molecule has 0 aliphatic heterocycles. The molecule has 3 heteroatoms. The fourth-order valence-corrected chi connectivity index (χ4v) is 2.19. The lowest BCUT2D eigenvalue weighted by Gasteiger charge is -2.21. The molecule has 2 aromatic rings. The lowest BCUT2D eigenvalue weighted by atomic mass is 10.0. The van der Waals surface area contributed by atoms with Gasteiger partial charge in [-0.15, -0.1) is 0 Å². The summed E-state index contributed by atoms with van der Waals surface area (Å²) >= 11 is 0. The van der Waals surface area contributed by atoms with E-state index in [9.17, 15) is 4.79 Å². The second-order valence-electron chi connectivity index (χ2n) is 5.29. The van der Waals surface area contributed by atoms with E-state index >= 15 is 0 Å². The summed E-state index contributed by atoms with van der Waals surface area (Å²) in [5.74, 6) is 0.492. The molecule has 2 rings (SSSR count). The maximum atomic E-state index is 12.4. The lowest BCUT2D eigenvalue weighted by Crippen LogP contribution is -2.34. The highest BCUT2D eigenvalue weighted by molar-refractivity contribution is 6.01. The number of nitrogens with one attached hydrogen (secondary N) is 1. The predicted molar refractivity (Wildman–Crippen MR) is 89.0 cm³/mol. The summed E-state index contributed by atoms with van der Waals surface area (Å²) in [6.07, 6.45) is 0. The fourth-order valence-electron chi connectivity index (χ4n) is 2.19. The van der Waals surface area contributed by atoms with E-state index in [0.717, 1.165) is 11.4 Å². The van der Waals surface area contributed by atoms with Gasteiger partial charge in [0.2, 0.25) is 0 Å². The molecular formula is C18H22N2O. The maximum absolute atomic E-state index is 12.4. The quantitative estimate of drug-likeness (QED) is 0.852. The molecule has 0 heterocycles. The van der Waals surface area contributed by atoms with Gasteiger partial charge in [0.15, 0.2) is 0 Å². The van der Waals surface area contributed by atoms with Crippen LogP contribution in [0.1, 0.15) is 32.3 Å². The smallest absolute Gasteiger partial charge is 0.308 e. The van der Waals surface area contributed by atoms with Crippen LogP contribution in [0, 0.1) is 0 Å². The molecule has 110 valence electrons. The minimum atomic E-state index is -0.110. The SMILES string of the molecule is CCN(C(=O)Nc1ccc(C(C)C)cc1)c1ccccc1. The Hall–Kier alpha value is -2.29. The Morgan fingerprint density at radius 3 is 2.19 bits per heavy atom. The van der Waals surface area contributed by atoms with Gasteiger partial charge in [-0.2, -0.15) is 0 Å². The van der Waals surface area contributed by atoms with Gasteiger partial charge in [0, 0.05) is 17.9 Å². The number of carbonyl (C=O) groups is 1. The molecule has 0 aliphatic rings. The average molecular weight is 282 g/mol. The van der Waals surface area contributed by atoms with E-state index in [-0.39, 0.29) is 6.03 Å². The normalized spacial score (nSPS) is 10.5. The Morgan fingerprint density at radius 2 is 1.67 bits per heavy atom. The van der Waals surface area contributed by atoms with Crippen molar-refractivity contribution in [3.63, 3.8) is 0 Å². The lowest BCUT2D eigenvalue weighted by molar-refractivity contribution is 0.257. The summed E-state index contributed by atoms with van der Waals surface area (Å²) in [7, 11) is 0. The molecule has 0 unspecified atom stereocenters. The van der Waals surface area contributed by atoms with Gasteiger partial charge < -0.3 is 5.32 Å². The summed E-state index contributed by atoms with van der Waals surface area (Å²) in [6, 6.07) is 17.6. The molecule has 0 fully saturated rings. The number of hydrogen-bond donors (Lipinski definition) is 1. The molecule has 0 saturated heterocycles. The van der Waals surface area contributed by atoms with Crippen molar-refractivity contribution in [2.45, 2.75) is 26.7 Å². The van der Waals surface area contributed by atoms with Crippen molar-refractivity contribution in [1.82, 2.24) is 0 Å². The van der Waals surface area contributed by atoms with Crippen LogP contribution in [0.5, 0.6) is 0 Å². The topological polar surface area (TPSA) is 32.3 Å². The monoisotopic (exact) mass is 282 g/mol. The van der Waals surface area contributed by atoms with Crippen LogP contribution in [0.3, 0.4) is 0 Å². The van der Waals surface area contributed by atoms with Crippen LogP contribution >= 0.6 is 0 Å². The second-order valence-corrected chi connectivity index (χ2v) is 5.29. The predicted octanol–water partition coefficient (Wildman–Crippen LogP) is 4.87. The molecule has 1 N–H and O–H groups in total. The molecule has 21 heavy (non-hydrogen) atoms. The largest absolute Gasteiger partial charge is 0.326 e. The van der Waals surface area contributed by atoms with Gasteiger partial charge in [0.1, 0.15) is 0 Å². The van der Waals surface area contributed by atoms with Gasteiger partial charge >= 0.3 is 6.03 Å². The zero-order chi connectivity index (χ0) is 15.2. The highest BCUT2D eigenvalue weighted by Gasteiger charge is 2.13. The van der Waals surface area contributed by atoms with Gasteiger partial charge in [-0.3, -0.25) is 4.90 Å². The van der Waals surface area contributed by atoms with Crippen LogP contribution in [0.15, 0.2) is 54.6 Å². The fraction of sp³-hybridized carbons (Fsp3) is 0.278. The summed E-state index contributed by atoms with van der Waals surface area (Å²) in [4.78, 5) is 14.1. The number of rotatable bonds is 4. The van der Waals surface area contributed by atoms with Crippen molar-refractivity contribution in [2.75, 3.05) is 16.8 Å². The minimum absolute atomic E-state index is 0.110. The molecule has 0 atom stereocenters. The number of amides is 2. The molecule has 0 aromatic heterocycles. The molecule has 3 nitrogen and oxygen atoms in total. The second kappa shape index (κ2) is 6.93. The summed E-state index contributed by atoms with van der Waals surface area (Å²) in [6.45, 7) is 6.90. The molecule has 2 amide bonds. The van der Waals surface area contributed by atoms with Crippen molar-refractivity contribution in [3.05, 3.63) is 60.2 Å². The third-order valence-corrected chi connectivity index (χ3v) is 3.46. The molecule has 0 spiro atoms. The molecule has 0 saturated carbocycles. The number of para-hydroxylation sites is 1. The van der Waals surface area contributed by atoms with Gasteiger partial charge in [-0.1, -0.05) is 44.2 Å². The van der Waals surface area contributed by atoms with E-state index in [1.807, 2.05) is 49.4 Å². The van der Waals surface area contributed by atoms with Gasteiger partial charge in [0.25, 0.3) is 0 Å². The van der Waals surface area contributed by atoms with Gasteiger partial charge in [0.05, 0.1) is 0 Å². The van der Waals surface area contributed by atoms with E-state index in [4.69, 9.17) is 0 Å². The van der Waals surface area contributed by atoms with E-state index in [2.05, 4.69) is 31.3 Å². The van der Waals surface area contributed by atoms with Crippen LogP contribution in [0.2, 0.25) is 0 Å². The third kappa shape index (κ3) is 3.85. The zero-order valence-corrected chi connectivity index (χ0v) is 12.8. The summed E-state index contributed by atoms with van der Waals surface area (Å²) in [5, 5.41) is 2.94. The van der Waals surface area contributed by atoms with Crippen molar-refractivity contribution in [3.8, 4) is 0 Å². The maximum Gasteiger partial charge on any atom is 0.326 e. The van der Waals surface area contributed by atoms with Crippen LogP contribution < -0.4 is 10.2 Å². The van der Waals surface area contributed by atoms with Crippen LogP contribution in [0.25, 0.3) is 0 Å². The molecule has 2 aromatic carbocycles. The first-order chi connectivity index (χ1) is 10.1. The van der Waals surface area contributed by atoms with E-state index in [1.54, 1.807) is 4.90 Å². The zero-order valence-electron chi connectivity index (χ0n) is 12.8. The van der Waals surface area contributed by atoms with E-state index in [1.165, 1.54) is 5.56 Å². The number of carbonyl (C=O) groups excluding carboxylic acids is 1. The number of urea groups is 1. The Labute approximate surface area is 126 Å². The van der Waals surface area contributed by atoms with Gasteiger partial charge in [-0.25, -0.2) is 4.79 Å². The average Bonchev–Trinajstić information content (AvgIpc) is 2.49. The van der Waals surface area contributed by atoms with Crippen LogP contribution in [-0.4, -0.2) is 12.6 Å². The standard InChI is InChI=1S/C18H22N2O/c1-4-20(17-8-6-5-7-9-17)18(21)19-16-12-10-15(11-13-16)14(2)3/h5-14H,4H2,1-3H3,(H,19,21). The minimum Gasteiger partial charge on any atom is -0.308 e.